The van der Waals surface area contributed by atoms with E-state index in [4.69, 9.17) is 34.8 Å². The largest absolute Gasteiger partial charge is 0.377 e. The Morgan fingerprint density at radius 3 is 2.65 bits per heavy atom. The maximum absolute atomic E-state index is 6.28. The number of hydrogen-bond donors (Lipinski definition) is 1. The first kappa shape index (κ1) is 15.4. The highest BCUT2D eigenvalue weighted by Gasteiger charge is 2.38. The van der Waals surface area contributed by atoms with Crippen LogP contribution in [0.1, 0.15) is 35.1 Å². The lowest BCUT2D eigenvalue weighted by Crippen LogP contribution is -2.29. The second-order valence-electron chi connectivity index (χ2n) is 6.34. The Kier molecular flexibility index (Phi) is 3.84. The fourth-order valence-corrected chi connectivity index (χ4v) is 4.47. The molecule has 4 rings (SSSR count). The summed E-state index contributed by atoms with van der Waals surface area (Å²) in [6.07, 6.45) is 5.63. The summed E-state index contributed by atoms with van der Waals surface area (Å²) in [5, 5.41) is 5.72. The maximum Gasteiger partial charge on any atom is 0.0595 e. The molecule has 23 heavy (non-hydrogen) atoms. The Morgan fingerprint density at radius 1 is 1.04 bits per heavy atom. The number of hydrogen-bond acceptors (Lipinski definition) is 1. The number of aryl methyl sites for hydroxylation is 1. The summed E-state index contributed by atoms with van der Waals surface area (Å²) in [6, 6.07) is 10.2. The molecule has 1 nitrogen and oxygen atoms in total. The van der Waals surface area contributed by atoms with Gasteiger partial charge in [0.25, 0.3) is 0 Å². The third kappa shape index (κ3) is 2.55. The molecule has 1 N–H and O–H groups in total. The summed E-state index contributed by atoms with van der Waals surface area (Å²) in [5.74, 6) is 0.862. The van der Waals surface area contributed by atoms with E-state index in [1.54, 1.807) is 0 Å². The summed E-state index contributed by atoms with van der Waals surface area (Å²) in [4.78, 5) is 0. The standard InChI is InChI=1S/C19H16Cl3N/c1-10-7-12(20)9-15-13-3-2-4-14(13)19(23-18(10)15)11-5-6-16(21)17(22)8-11/h2-3,5-9,13-14,19,23H,4H2,1H3/t13-,14+,19-/m1/s1. The summed E-state index contributed by atoms with van der Waals surface area (Å²) in [5.41, 5.74) is 4.85. The van der Waals surface area contributed by atoms with Gasteiger partial charge in [-0.15, -0.1) is 0 Å². The molecule has 1 aliphatic heterocycles. The molecule has 0 spiro atoms. The van der Waals surface area contributed by atoms with Crippen LogP contribution in [-0.4, -0.2) is 0 Å². The number of rotatable bonds is 1. The molecule has 3 atom stereocenters. The third-order valence-corrected chi connectivity index (χ3v) is 5.89. The van der Waals surface area contributed by atoms with E-state index in [-0.39, 0.29) is 6.04 Å². The van der Waals surface area contributed by atoms with Crippen molar-refractivity contribution in [2.75, 3.05) is 5.32 Å². The van der Waals surface area contributed by atoms with Crippen LogP contribution in [0.2, 0.25) is 15.1 Å². The normalized spacial score (nSPS) is 25.0. The Hall–Kier alpha value is -1.15. The maximum atomic E-state index is 6.28. The fraction of sp³-hybridized carbons (Fsp3) is 0.263. The molecule has 0 bridgehead atoms. The Bertz CT molecular complexity index is 813. The van der Waals surface area contributed by atoms with Crippen LogP contribution in [0.25, 0.3) is 0 Å². The van der Waals surface area contributed by atoms with Gasteiger partial charge in [0.1, 0.15) is 0 Å². The van der Waals surface area contributed by atoms with E-state index in [9.17, 15) is 0 Å². The van der Waals surface area contributed by atoms with Gasteiger partial charge in [0.2, 0.25) is 0 Å². The molecule has 0 aromatic heterocycles. The minimum atomic E-state index is 0.220. The summed E-state index contributed by atoms with van der Waals surface area (Å²) in [6.45, 7) is 2.10. The molecule has 0 fully saturated rings. The predicted octanol–water partition coefficient (Wildman–Crippen LogP) is 6.78. The molecule has 4 heteroatoms. The highest BCUT2D eigenvalue weighted by molar-refractivity contribution is 6.42. The molecule has 0 amide bonds. The van der Waals surface area contributed by atoms with Gasteiger partial charge in [0.15, 0.2) is 0 Å². The smallest absolute Gasteiger partial charge is 0.0595 e. The molecule has 0 saturated carbocycles. The lowest BCUT2D eigenvalue weighted by Gasteiger charge is -2.38. The first-order valence-electron chi connectivity index (χ1n) is 7.73. The van der Waals surface area contributed by atoms with Gasteiger partial charge < -0.3 is 5.32 Å². The van der Waals surface area contributed by atoms with E-state index >= 15 is 0 Å². The van der Waals surface area contributed by atoms with E-state index in [0.29, 0.717) is 21.9 Å². The van der Waals surface area contributed by atoms with Crippen molar-refractivity contribution in [2.45, 2.75) is 25.3 Å². The first-order chi connectivity index (χ1) is 11.0. The van der Waals surface area contributed by atoms with Crippen molar-refractivity contribution < 1.29 is 0 Å². The molecule has 118 valence electrons. The van der Waals surface area contributed by atoms with Gasteiger partial charge in [0.05, 0.1) is 16.1 Å². The van der Waals surface area contributed by atoms with Gasteiger partial charge in [-0.05, 0) is 60.2 Å². The predicted molar refractivity (Wildman–Crippen MR) is 99.0 cm³/mol. The SMILES string of the molecule is Cc1cc(Cl)cc2c1N[C@H](c1ccc(Cl)c(Cl)c1)[C@H]1CC=C[C@@H]21. The number of anilines is 1. The topological polar surface area (TPSA) is 12.0 Å². The molecule has 2 aliphatic rings. The Labute approximate surface area is 151 Å². The summed E-state index contributed by atoms with van der Waals surface area (Å²) < 4.78 is 0. The molecule has 0 saturated heterocycles. The van der Waals surface area contributed by atoms with Crippen LogP contribution in [0.15, 0.2) is 42.5 Å². The number of halogens is 3. The average Bonchev–Trinajstić information content (AvgIpc) is 2.99. The summed E-state index contributed by atoms with van der Waals surface area (Å²) >= 11 is 18.6. The van der Waals surface area contributed by atoms with Crippen LogP contribution in [0.5, 0.6) is 0 Å². The Balaban J connectivity index is 1.82. The van der Waals surface area contributed by atoms with Gasteiger partial charge in [-0.1, -0.05) is 53.0 Å². The van der Waals surface area contributed by atoms with Crippen LogP contribution in [0.4, 0.5) is 5.69 Å². The van der Waals surface area contributed by atoms with Crippen molar-refractivity contribution in [3.05, 3.63) is 74.2 Å². The van der Waals surface area contributed by atoms with E-state index in [1.807, 2.05) is 18.2 Å². The van der Waals surface area contributed by atoms with Crippen molar-refractivity contribution in [3.8, 4) is 0 Å². The zero-order valence-corrected chi connectivity index (χ0v) is 14.9. The zero-order valence-electron chi connectivity index (χ0n) is 12.6. The van der Waals surface area contributed by atoms with Gasteiger partial charge >= 0.3 is 0 Å². The summed E-state index contributed by atoms with van der Waals surface area (Å²) in [7, 11) is 0. The number of benzene rings is 2. The minimum Gasteiger partial charge on any atom is -0.377 e. The van der Waals surface area contributed by atoms with Crippen LogP contribution in [0, 0.1) is 12.8 Å². The minimum absolute atomic E-state index is 0.220. The van der Waals surface area contributed by atoms with Crippen molar-refractivity contribution in [3.63, 3.8) is 0 Å². The van der Waals surface area contributed by atoms with Gasteiger partial charge in [-0.25, -0.2) is 0 Å². The molecular weight excluding hydrogens is 349 g/mol. The Morgan fingerprint density at radius 2 is 1.87 bits per heavy atom. The van der Waals surface area contributed by atoms with Crippen molar-refractivity contribution in [2.24, 2.45) is 5.92 Å². The van der Waals surface area contributed by atoms with Crippen LogP contribution < -0.4 is 5.32 Å². The molecule has 2 aromatic rings. The monoisotopic (exact) mass is 363 g/mol. The van der Waals surface area contributed by atoms with Gasteiger partial charge in [-0.2, -0.15) is 0 Å². The van der Waals surface area contributed by atoms with E-state index in [2.05, 4.69) is 36.5 Å². The fourth-order valence-electron chi connectivity index (χ4n) is 3.88. The molecule has 0 radical (unpaired) electrons. The van der Waals surface area contributed by atoms with Crippen LogP contribution in [-0.2, 0) is 0 Å². The quantitative estimate of drug-likeness (QED) is 0.550. The third-order valence-electron chi connectivity index (χ3n) is 4.93. The average molecular weight is 365 g/mol. The van der Waals surface area contributed by atoms with Gasteiger partial charge in [0, 0.05) is 16.6 Å². The zero-order chi connectivity index (χ0) is 16.1. The van der Waals surface area contributed by atoms with Gasteiger partial charge in [-0.3, -0.25) is 0 Å². The van der Waals surface area contributed by atoms with E-state index in [0.717, 1.165) is 11.4 Å². The lowest BCUT2D eigenvalue weighted by atomic mass is 9.76. The number of fused-ring (bicyclic) bond motifs is 3. The van der Waals surface area contributed by atoms with E-state index < -0.39 is 0 Å². The second kappa shape index (κ2) is 5.73. The van der Waals surface area contributed by atoms with E-state index in [1.165, 1.54) is 22.4 Å². The molecular formula is C19H16Cl3N. The first-order valence-corrected chi connectivity index (χ1v) is 8.86. The lowest BCUT2D eigenvalue weighted by molar-refractivity contribution is 0.425. The second-order valence-corrected chi connectivity index (χ2v) is 7.59. The van der Waals surface area contributed by atoms with Crippen molar-refractivity contribution in [1.82, 2.24) is 0 Å². The van der Waals surface area contributed by atoms with Crippen molar-refractivity contribution >= 4 is 40.5 Å². The van der Waals surface area contributed by atoms with Crippen molar-refractivity contribution in [1.29, 1.82) is 0 Å². The van der Waals surface area contributed by atoms with Crippen LogP contribution in [0.3, 0.4) is 0 Å². The molecule has 1 aliphatic carbocycles. The van der Waals surface area contributed by atoms with Crippen LogP contribution >= 0.6 is 34.8 Å². The highest BCUT2D eigenvalue weighted by Crippen LogP contribution is 2.51. The number of allylic oxidation sites excluding steroid dienone is 2. The number of nitrogens with one attached hydrogen (secondary N) is 1. The molecule has 1 heterocycles. The molecule has 2 aromatic carbocycles. The highest BCUT2D eigenvalue weighted by atomic mass is 35.5. The molecule has 0 unspecified atom stereocenters.